The fourth-order valence-electron chi connectivity index (χ4n) is 3.24. The van der Waals surface area contributed by atoms with Gasteiger partial charge >= 0.3 is 0 Å². The first-order valence-electron chi connectivity index (χ1n) is 11.3. The predicted molar refractivity (Wildman–Crippen MR) is 135 cm³/mol. The fourth-order valence-corrected chi connectivity index (χ4v) is 3.74. The number of unbranched alkanes of at least 4 members (excludes halogenated alkanes) is 1. The third kappa shape index (κ3) is 7.47. The van der Waals surface area contributed by atoms with Crippen LogP contribution in [0.3, 0.4) is 0 Å². The van der Waals surface area contributed by atoms with Crippen LogP contribution in [0.25, 0.3) is 10.9 Å². The molecule has 0 aliphatic carbocycles. The van der Waals surface area contributed by atoms with Crippen LogP contribution in [0, 0.1) is 0 Å². The molecular weight excluding hydrogens is 470 g/mol. The molecule has 0 saturated carbocycles. The Balaban J connectivity index is 0.00000176. The van der Waals surface area contributed by atoms with Crippen molar-refractivity contribution in [2.24, 2.45) is 0 Å². The second-order valence-electron chi connectivity index (χ2n) is 7.11. The highest BCUT2D eigenvalue weighted by atomic mass is 79.9. The number of rotatable bonds is 11. The van der Waals surface area contributed by atoms with E-state index >= 15 is 0 Å². The summed E-state index contributed by atoms with van der Waals surface area (Å²) in [5.41, 5.74) is 2.53. The Labute approximate surface area is 199 Å². The van der Waals surface area contributed by atoms with Crippen molar-refractivity contribution >= 4 is 26.8 Å². The van der Waals surface area contributed by atoms with Gasteiger partial charge in [-0.15, -0.1) is 0 Å². The number of ether oxygens (including phenoxy) is 3. The summed E-state index contributed by atoms with van der Waals surface area (Å²) >= 11 is 3.56. The number of hydrogen-bond acceptors (Lipinski definition) is 4. The van der Waals surface area contributed by atoms with Crippen molar-refractivity contribution in [3.8, 4) is 5.75 Å². The maximum atomic E-state index is 12.0. The van der Waals surface area contributed by atoms with E-state index in [9.17, 15) is 4.79 Å². The molecule has 1 aromatic heterocycles. The second-order valence-corrected chi connectivity index (χ2v) is 7.76. The molecule has 0 aliphatic rings. The number of benzene rings is 2. The van der Waals surface area contributed by atoms with E-state index in [0.717, 1.165) is 29.4 Å². The topological polar surface area (TPSA) is 60.6 Å². The first-order valence-corrected chi connectivity index (χ1v) is 12.4. The monoisotopic (exact) mass is 503 g/mol. The molecule has 0 spiro atoms. The number of fused-ring (bicyclic) bond motifs is 1. The molecule has 0 amide bonds. The molecule has 6 heteroatoms. The summed E-state index contributed by atoms with van der Waals surface area (Å²) in [4.78, 5) is 14.9. The predicted octanol–water partition coefficient (Wildman–Crippen LogP) is 6.75. The highest BCUT2D eigenvalue weighted by molar-refractivity contribution is 9.09. The van der Waals surface area contributed by atoms with Crippen molar-refractivity contribution in [1.82, 2.24) is 4.98 Å². The van der Waals surface area contributed by atoms with Gasteiger partial charge in [0, 0.05) is 23.4 Å². The third-order valence-corrected chi connectivity index (χ3v) is 5.41. The van der Waals surface area contributed by atoms with Crippen molar-refractivity contribution in [3.05, 3.63) is 76.1 Å². The minimum absolute atomic E-state index is 0.170. The Hall–Kier alpha value is -2.15. The summed E-state index contributed by atoms with van der Waals surface area (Å²) in [6.45, 7) is 9.14. The molecule has 1 N–H and O–H groups in total. The van der Waals surface area contributed by atoms with Crippen LogP contribution in [-0.2, 0) is 16.1 Å². The molecule has 0 aliphatic heterocycles. The van der Waals surface area contributed by atoms with Crippen LogP contribution in [0.5, 0.6) is 5.75 Å². The van der Waals surface area contributed by atoms with Crippen LogP contribution in [0.15, 0.2) is 59.4 Å². The number of alkyl halides is 1. The average molecular weight is 504 g/mol. The maximum Gasteiger partial charge on any atom is 0.248 e. The number of H-pyrrole nitrogens is 1. The number of pyridine rings is 1. The molecule has 0 radical (unpaired) electrons. The second kappa shape index (κ2) is 14.1. The zero-order valence-electron chi connectivity index (χ0n) is 19.4. The van der Waals surface area contributed by atoms with E-state index in [-0.39, 0.29) is 18.0 Å². The molecule has 5 nitrogen and oxygen atoms in total. The fraction of sp³-hybridized carbons (Fsp3) is 0.423. The van der Waals surface area contributed by atoms with Gasteiger partial charge in [0.2, 0.25) is 5.56 Å². The Kier molecular flexibility index (Phi) is 11.5. The van der Waals surface area contributed by atoms with Crippen molar-refractivity contribution in [2.45, 2.75) is 59.5 Å². The van der Waals surface area contributed by atoms with Gasteiger partial charge in [0.25, 0.3) is 0 Å². The zero-order valence-corrected chi connectivity index (χ0v) is 21.0. The van der Waals surface area contributed by atoms with E-state index in [1.54, 1.807) is 0 Å². The average Bonchev–Trinajstić information content (AvgIpc) is 2.83. The molecule has 0 saturated heterocycles. The Morgan fingerprint density at radius 3 is 2.47 bits per heavy atom. The highest BCUT2D eigenvalue weighted by Crippen LogP contribution is 2.33. The molecule has 174 valence electrons. The van der Waals surface area contributed by atoms with Crippen LogP contribution < -0.4 is 10.3 Å². The minimum atomic E-state index is -0.328. The van der Waals surface area contributed by atoms with Gasteiger partial charge in [0.05, 0.1) is 11.6 Å². The van der Waals surface area contributed by atoms with Crippen molar-refractivity contribution in [1.29, 1.82) is 0 Å². The summed E-state index contributed by atoms with van der Waals surface area (Å²) in [5, 5.41) is 1.50. The lowest BCUT2D eigenvalue weighted by molar-refractivity contribution is -0.156. The van der Waals surface area contributed by atoms with Crippen molar-refractivity contribution in [3.63, 3.8) is 0 Å². The van der Waals surface area contributed by atoms with E-state index in [0.29, 0.717) is 29.8 Å². The summed E-state index contributed by atoms with van der Waals surface area (Å²) in [7, 11) is 0. The first-order chi connectivity index (χ1) is 15.6. The SMILES string of the molecule is CC.CCCCOC(C)OC(CBr)c1ccc(OCc2ccccc2)c2[nH]c(=O)ccc12. The maximum absolute atomic E-state index is 12.0. The van der Waals surface area contributed by atoms with Crippen molar-refractivity contribution < 1.29 is 14.2 Å². The van der Waals surface area contributed by atoms with Gasteiger partial charge in [-0.25, -0.2) is 0 Å². The first kappa shape index (κ1) is 26.1. The summed E-state index contributed by atoms with van der Waals surface area (Å²) in [6, 6.07) is 17.2. The summed E-state index contributed by atoms with van der Waals surface area (Å²) in [6.07, 6.45) is 1.53. The van der Waals surface area contributed by atoms with Gasteiger partial charge < -0.3 is 19.2 Å². The van der Waals surface area contributed by atoms with E-state index in [2.05, 4.69) is 27.8 Å². The van der Waals surface area contributed by atoms with Crippen LogP contribution >= 0.6 is 15.9 Å². The van der Waals surface area contributed by atoms with E-state index < -0.39 is 0 Å². The van der Waals surface area contributed by atoms with Gasteiger partial charge in [-0.3, -0.25) is 4.79 Å². The minimum Gasteiger partial charge on any atom is -0.487 e. The molecule has 0 fully saturated rings. The van der Waals surface area contributed by atoms with E-state index in [4.69, 9.17) is 14.2 Å². The summed E-state index contributed by atoms with van der Waals surface area (Å²) < 4.78 is 17.9. The number of aromatic nitrogens is 1. The van der Waals surface area contributed by atoms with Crippen LogP contribution in [-0.4, -0.2) is 23.2 Å². The summed E-state index contributed by atoms with van der Waals surface area (Å²) in [5.74, 6) is 0.635. The van der Waals surface area contributed by atoms with Gasteiger partial charge in [-0.05, 0) is 36.6 Å². The highest BCUT2D eigenvalue weighted by Gasteiger charge is 2.19. The standard InChI is InChI=1S/C24H28BrNO4.C2H6/c1-3-4-14-28-17(2)30-22(15-25)19-10-12-21(24-20(19)11-13-23(27)26-24)29-16-18-8-6-5-7-9-18;1-2/h5-13,17,22H,3-4,14-16H2,1-2H3,(H,26,27);1-2H3. The molecule has 32 heavy (non-hydrogen) atoms. The van der Waals surface area contributed by atoms with Crippen molar-refractivity contribution in [2.75, 3.05) is 11.9 Å². The third-order valence-electron chi connectivity index (χ3n) is 4.82. The van der Waals surface area contributed by atoms with Crippen LogP contribution in [0.1, 0.15) is 57.8 Å². The van der Waals surface area contributed by atoms with Gasteiger partial charge in [0.15, 0.2) is 6.29 Å². The molecule has 2 aromatic carbocycles. The normalized spacial score (nSPS) is 12.7. The lowest BCUT2D eigenvalue weighted by atomic mass is 10.0. The molecule has 3 aromatic rings. The molecule has 2 unspecified atom stereocenters. The van der Waals surface area contributed by atoms with Gasteiger partial charge in [-0.1, -0.05) is 79.5 Å². The van der Waals surface area contributed by atoms with E-state index in [1.165, 1.54) is 6.07 Å². The van der Waals surface area contributed by atoms with Crippen LogP contribution in [0.4, 0.5) is 0 Å². The smallest absolute Gasteiger partial charge is 0.248 e. The lowest BCUT2D eigenvalue weighted by Crippen LogP contribution is -2.19. The number of nitrogens with one attached hydrogen (secondary N) is 1. The number of aromatic amines is 1. The number of halogens is 1. The van der Waals surface area contributed by atoms with Gasteiger partial charge in [-0.2, -0.15) is 0 Å². The molecule has 0 bridgehead atoms. The van der Waals surface area contributed by atoms with Crippen LogP contribution in [0.2, 0.25) is 0 Å². The molecule has 1 heterocycles. The largest absolute Gasteiger partial charge is 0.487 e. The molecular formula is C26H34BrNO4. The lowest BCUT2D eigenvalue weighted by Gasteiger charge is -2.23. The van der Waals surface area contributed by atoms with Gasteiger partial charge in [0.1, 0.15) is 12.4 Å². The van der Waals surface area contributed by atoms with E-state index in [1.807, 2.05) is 69.3 Å². The zero-order chi connectivity index (χ0) is 23.3. The Bertz CT molecular complexity index is 990. The number of hydrogen-bond donors (Lipinski definition) is 1. The quantitative estimate of drug-likeness (QED) is 0.178. The Morgan fingerprint density at radius 2 is 1.78 bits per heavy atom. The molecule has 2 atom stereocenters. The Morgan fingerprint density at radius 1 is 1.03 bits per heavy atom. The molecule has 3 rings (SSSR count).